The van der Waals surface area contributed by atoms with Gasteiger partial charge in [-0.3, -0.25) is 0 Å². The molecule has 1 unspecified atom stereocenters. The number of phenolic OH excluding ortho intramolecular Hbond substituents is 1. The van der Waals surface area contributed by atoms with Crippen molar-refractivity contribution in [1.82, 2.24) is 5.32 Å². The van der Waals surface area contributed by atoms with Gasteiger partial charge in [0.1, 0.15) is 5.75 Å². The van der Waals surface area contributed by atoms with E-state index in [0.717, 1.165) is 18.7 Å². The van der Waals surface area contributed by atoms with E-state index < -0.39 is 5.60 Å². The van der Waals surface area contributed by atoms with Crippen LogP contribution in [0.3, 0.4) is 0 Å². The van der Waals surface area contributed by atoms with Crippen LogP contribution < -0.4 is 10.6 Å². The highest BCUT2D eigenvalue weighted by atomic mass is 16.3. The highest BCUT2D eigenvalue weighted by molar-refractivity contribution is 5.47. The van der Waals surface area contributed by atoms with Gasteiger partial charge in [-0.05, 0) is 25.1 Å². The maximum atomic E-state index is 10.0. The second-order valence-corrected chi connectivity index (χ2v) is 4.06. The fraction of sp³-hybridized carbons (Fsp3) is 0.455. The second-order valence-electron chi connectivity index (χ2n) is 4.06. The number of aliphatic hydroxyl groups is 1. The topological polar surface area (TPSA) is 64.5 Å². The SMILES string of the molecule is Oc1cccc(NCC2(O)CCNC2)c1. The average Bonchev–Trinajstić information content (AvgIpc) is 2.63. The van der Waals surface area contributed by atoms with Gasteiger partial charge in [-0.1, -0.05) is 6.07 Å². The van der Waals surface area contributed by atoms with Crippen molar-refractivity contribution in [2.45, 2.75) is 12.0 Å². The lowest BCUT2D eigenvalue weighted by Gasteiger charge is -2.22. The van der Waals surface area contributed by atoms with Crippen molar-refractivity contribution in [2.75, 3.05) is 25.0 Å². The fourth-order valence-corrected chi connectivity index (χ4v) is 1.76. The molecule has 4 nitrogen and oxygen atoms in total. The predicted octanol–water partition coefficient (Wildman–Crippen LogP) is 0.528. The first kappa shape index (κ1) is 10.3. The Bertz CT molecular complexity index is 335. The lowest BCUT2D eigenvalue weighted by molar-refractivity contribution is 0.0752. The molecule has 4 N–H and O–H groups in total. The molecule has 82 valence electrons. The summed E-state index contributed by atoms with van der Waals surface area (Å²) in [6.45, 7) is 1.99. The summed E-state index contributed by atoms with van der Waals surface area (Å²) in [6.07, 6.45) is 0.763. The van der Waals surface area contributed by atoms with E-state index in [2.05, 4.69) is 10.6 Å². The van der Waals surface area contributed by atoms with Gasteiger partial charge in [0.15, 0.2) is 0 Å². The van der Waals surface area contributed by atoms with Gasteiger partial charge in [-0.15, -0.1) is 0 Å². The minimum absolute atomic E-state index is 0.233. The molecule has 1 heterocycles. The number of β-amino-alcohol motifs (C(OH)–C–C–N with tert-alkyl or cyclic N) is 1. The van der Waals surface area contributed by atoms with E-state index in [-0.39, 0.29) is 5.75 Å². The quantitative estimate of drug-likeness (QED) is 0.585. The molecule has 1 atom stereocenters. The van der Waals surface area contributed by atoms with Crippen LogP contribution in [0.2, 0.25) is 0 Å². The average molecular weight is 208 g/mol. The smallest absolute Gasteiger partial charge is 0.117 e. The molecular formula is C11H16N2O2. The minimum atomic E-state index is -0.661. The zero-order valence-corrected chi connectivity index (χ0v) is 8.53. The Balaban J connectivity index is 1.92. The molecule has 0 radical (unpaired) electrons. The lowest BCUT2D eigenvalue weighted by atomic mass is 10.0. The molecule has 0 aromatic heterocycles. The molecule has 1 aromatic rings. The third kappa shape index (κ3) is 2.61. The Morgan fingerprint density at radius 3 is 3.00 bits per heavy atom. The summed E-state index contributed by atoms with van der Waals surface area (Å²) >= 11 is 0. The molecule has 15 heavy (non-hydrogen) atoms. The van der Waals surface area contributed by atoms with Crippen LogP contribution in [0, 0.1) is 0 Å². The van der Waals surface area contributed by atoms with E-state index in [4.69, 9.17) is 0 Å². The molecule has 0 amide bonds. The Labute approximate surface area is 88.9 Å². The highest BCUT2D eigenvalue weighted by Gasteiger charge is 2.30. The van der Waals surface area contributed by atoms with Crippen LogP contribution in [-0.2, 0) is 0 Å². The van der Waals surface area contributed by atoms with Crippen molar-refractivity contribution in [2.24, 2.45) is 0 Å². The number of phenols is 1. The van der Waals surface area contributed by atoms with Crippen molar-refractivity contribution in [3.05, 3.63) is 24.3 Å². The van der Waals surface area contributed by atoms with Gasteiger partial charge < -0.3 is 20.8 Å². The van der Waals surface area contributed by atoms with Crippen molar-refractivity contribution in [3.63, 3.8) is 0 Å². The number of rotatable bonds is 3. The molecular weight excluding hydrogens is 192 g/mol. The Hall–Kier alpha value is -1.26. The summed E-state index contributed by atoms with van der Waals surface area (Å²) < 4.78 is 0. The molecule has 0 spiro atoms. The van der Waals surface area contributed by atoms with Gasteiger partial charge in [0.25, 0.3) is 0 Å². The summed E-state index contributed by atoms with van der Waals surface area (Å²) in [5.74, 6) is 0.233. The molecule has 0 bridgehead atoms. The van der Waals surface area contributed by atoms with Crippen molar-refractivity contribution in [1.29, 1.82) is 0 Å². The van der Waals surface area contributed by atoms with Crippen molar-refractivity contribution < 1.29 is 10.2 Å². The first-order valence-electron chi connectivity index (χ1n) is 5.14. The van der Waals surface area contributed by atoms with E-state index in [1.54, 1.807) is 18.2 Å². The summed E-state index contributed by atoms with van der Waals surface area (Å²) in [4.78, 5) is 0. The molecule has 0 saturated carbocycles. The minimum Gasteiger partial charge on any atom is -0.508 e. The van der Waals surface area contributed by atoms with Crippen LogP contribution in [-0.4, -0.2) is 35.4 Å². The third-order valence-electron chi connectivity index (χ3n) is 2.69. The molecule has 1 aliphatic heterocycles. The number of hydrogen-bond donors (Lipinski definition) is 4. The zero-order chi connectivity index (χ0) is 10.7. The maximum absolute atomic E-state index is 10.0. The highest BCUT2D eigenvalue weighted by Crippen LogP contribution is 2.18. The van der Waals surface area contributed by atoms with Crippen molar-refractivity contribution >= 4 is 5.69 Å². The van der Waals surface area contributed by atoms with Gasteiger partial charge in [0, 0.05) is 24.8 Å². The standard InChI is InChI=1S/C11H16N2O2/c14-10-3-1-2-9(6-10)13-8-11(15)4-5-12-7-11/h1-3,6,12-15H,4-5,7-8H2. The number of benzene rings is 1. The fourth-order valence-electron chi connectivity index (χ4n) is 1.76. The van der Waals surface area contributed by atoms with Crippen LogP contribution in [0.1, 0.15) is 6.42 Å². The summed E-state index contributed by atoms with van der Waals surface area (Å²) in [6, 6.07) is 6.91. The van der Waals surface area contributed by atoms with Gasteiger partial charge >= 0.3 is 0 Å². The zero-order valence-electron chi connectivity index (χ0n) is 8.53. The number of nitrogens with one attached hydrogen (secondary N) is 2. The monoisotopic (exact) mass is 208 g/mol. The summed E-state index contributed by atoms with van der Waals surface area (Å²) in [7, 11) is 0. The largest absolute Gasteiger partial charge is 0.508 e. The Morgan fingerprint density at radius 1 is 1.47 bits per heavy atom. The van der Waals surface area contributed by atoms with Gasteiger partial charge in [-0.25, -0.2) is 0 Å². The Morgan fingerprint density at radius 2 is 2.33 bits per heavy atom. The van der Waals surface area contributed by atoms with Crippen molar-refractivity contribution in [3.8, 4) is 5.75 Å². The number of anilines is 1. The van der Waals surface area contributed by atoms with Crippen LogP contribution in [0.5, 0.6) is 5.75 Å². The molecule has 1 saturated heterocycles. The van der Waals surface area contributed by atoms with Gasteiger partial charge in [0.2, 0.25) is 0 Å². The number of hydrogen-bond acceptors (Lipinski definition) is 4. The number of aromatic hydroxyl groups is 1. The maximum Gasteiger partial charge on any atom is 0.117 e. The normalized spacial score (nSPS) is 25.4. The lowest BCUT2D eigenvalue weighted by Crippen LogP contribution is -2.38. The van der Waals surface area contributed by atoms with Crippen LogP contribution in [0.4, 0.5) is 5.69 Å². The Kier molecular flexibility index (Phi) is 2.79. The van der Waals surface area contributed by atoms with Crippen LogP contribution in [0.25, 0.3) is 0 Å². The predicted molar refractivity (Wildman–Crippen MR) is 59.0 cm³/mol. The first-order valence-corrected chi connectivity index (χ1v) is 5.14. The molecule has 1 aliphatic rings. The summed E-state index contributed by atoms with van der Waals surface area (Å²) in [5.41, 5.74) is 0.168. The first-order chi connectivity index (χ1) is 7.18. The van der Waals surface area contributed by atoms with E-state index in [0.29, 0.717) is 13.1 Å². The van der Waals surface area contributed by atoms with E-state index in [9.17, 15) is 10.2 Å². The molecule has 1 aromatic carbocycles. The molecule has 0 aliphatic carbocycles. The summed E-state index contributed by atoms with van der Waals surface area (Å²) in [5, 5.41) is 25.5. The third-order valence-corrected chi connectivity index (χ3v) is 2.69. The van der Waals surface area contributed by atoms with Gasteiger partial charge in [-0.2, -0.15) is 0 Å². The van der Waals surface area contributed by atoms with E-state index >= 15 is 0 Å². The molecule has 1 fully saturated rings. The van der Waals surface area contributed by atoms with E-state index in [1.165, 1.54) is 0 Å². The molecule has 2 rings (SSSR count). The van der Waals surface area contributed by atoms with Gasteiger partial charge in [0.05, 0.1) is 5.60 Å². The van der Waals surface area contributed by atoms with Crippen LogP contribution in [0.15, 0.2) is 24.3 Å². The molecule has 4 heteroatoms. The van der Waals surface area contributed by atoms with Crippen LogP contribution >= 0.6 is 0 Å². The second kappa shape index (κ2) is 4.08. The van der Waals surface area contributed by atoms with E-state index in [1.807, 2.05) is 6.07 Å².